The van der Waals surface area contributed by atoms with Crippen molar-refractivity contribution in [2.45, 2.75) is 26.8 Å². The van der Waals surface area contributed by atoms with Crippen LogP contribution in [0.2, 0.25) is 0 Å². The number of likely N-dealkylation sites (N-methyl/N-ethyl adjacent to an activating group) is 1. The molecule has 204 valence electrons. The zero-order valence-corrected chi connectivity index (χ0v) is 22.9. The second kappa shape index (κ2) is 11.1. The Morgan fingerprint density at radius 2 is 1.87 bits per heavy atom. The van der Waals surface area contributed by atoms with E-state index in [1.54, 1.807) is 36.1 Å². The number of non-ortho nitro benzene ring substituents is 1. The number of hydrogen-bond donors (Lipinski definition) is 1. The highest BCUT2D eigenvalue weighted by Gasteiger charge is 2.35. The molecule has 0 saturated heterocycles. The highest BCUT2D eigenvalue weighted by atomic mass is 32.1. The first kappa shape index (κ1) is 27.6. The van der Waals surface area contributed by atoms with E-state index in [0.717, 1.165) is 23.5 Å². The number of hydrogen-bond acceptors (Lipinski definition) is 9. The Hall–Kier alpha value is -4.45. The van der Waals surface area contributed by atoms with Crippen molar-refractivity contribution in [3.05, 3.63) is 88.6 Å². The Balaban J connectivity index is 2.03. The van der Waals surface area contributed by atoms with Gasteiger partial charge in [0, 0.05) is 30.3 Å². The van der Waals surface area contributed by atoms with E-state index in [2.05, 4.69) is 4.99 Å². The minimum Gasteiger partial charge on any atom is -0.504 e. The molecule has 1 atom stereocenters. The van der Waals surface area contributed by atoms with E-state index in [0.29, 0.717) is 40.5 Å². The molecule has 1 aliphatic heterocycles. The third kappa shape index (κ3) is 4.90. The number of rotatable bonds is 8. The smallest absolute Gasteiger partial charge is 0.274 e. The molecule has 39 heavy (non-hydrogen) atoms. The lowest BCUT2D eigenvalue weighted by atomic mass is 9.94. The molecule has 0 saturated carbocycles. The molecule has 12 heteroatoms. The Morgan fingerprint density at radius 1 is 1.21 bits per heavy atom. The third-order valence-electron chi connectivity index (χ3n) is 6.54. The summed E-state index contributed by atoms with van der Waals surface area (Å²) in [5.41, 5.74) is 0.681. The first-order valence-corrected chi connectivity index (χ1v) is 13.0. The number of nitrogens with zero attached hydrogens (tertiary/aromatic N) is 4. The molecule has 11 nitrogen and oxygen atoms in total. The number of ether oxygens (including phenoxy) is 2. The van der Waals surface area contributed by atoms with Crippen molar-refractivity contribution >= 4 is 29.0 Å². The van der Waals surface area contributed by atoms with Gasteiger partial charge in [0.1, 0.15) is 11.8 Å². The fourth-order valence-corrected chi connectivity index (χ4v) is 5.63. The van der Waals surface area contributed by atoms with E-state index in [4.69, 9.17) is 9.47 Å². The number of thiazole rings is 1. The van der Waals surface area contributed by atoms with Crippen molar-refractivity contribution in [2.75, 3.05) is 27.3 Å². The van der Waals surface area contributed by atoms with Crippen LogP contribution in [0.1, 0.15) is 37.9 Å². The third-order valence-corrected chi connectivity index (χ3v) is 7.53. The van der Waals surface area contributed by atoms with Crippen molar-refractivity contribution in [2.24, 2.45) is 4.99 Å². The zero-order chi connectivity index (χ0) is 28.4. The molecule has 3 aromatic rings. The maximum Gasteiger partial charge on any atom is 0.274 e. The molecule has 0 unspecified atom stereocenters. The molecular formula is C27H28N4O7S. The number of benzene rings is 2. The average molecular weight is 553 g/mol. The summed E-state index contributed by atoms with van der Waals surface area (Å²) in [6, 6.07) is 8.59. The predicted molar refractivity (Wildman–Crippen MR) is 146 cm³/mol. The van der Waals surface area contributed by atoms with E-state index in [1.807, 2.05) is 13.8 Å². The zero-order valence-electron chi connectivity index (χ0n) is 22.1. The molecule has 2 aromatic carbocycles. The highest BCUT2D eigenvalue weighted by molar-refractivity contribution is 7.07. The monoisotopic (exact) mass is 552 g/mol. The summed E-state index contributed by atoms with van der Waals surface area (Å²) in [6.45, 7) is 6.44. The van der Waals surface area contributed by atoms with E-state index in [1.165, 1.54) is 24.9 Å². The van der Waals surface area contributed by atoms with Crippen molar-refractivity contribution in [1.29, 1.82) is 0 Å². The fraction of sp³-hybridized carbons (Fsp3) is 0.296. The standard InChI is InChI=1S/C27H28N4O7S/c1-6-29(7-2)26(34)22-15(3)28-27-30(23(22)18-10-8-9-11-19(18)37-4)25(33)21(39-27)13-16-12-17(31(35)36)14-20(38-5)24(16)32/h8-14,23,32H,6-7H2,1-5H3/b21-13-/t23-/m0/s1. The topological polar surface area (TPSA) is 136 Å². The number of allylic oxidation sites excluding steroid dienone is 1. The summed E-state index contributed by atoms with van der Waals surface area (Å²) >= 11 is 1.05. The Morgan fingerprint density at radius 3 is 2.49 bits per heavy atom. The van der Waals surface area contributed by atoms with Crippen molar-refractivity contribution in [3.63, 3.8) is 0 Å². The number of fused-ring (bicyclic) bond motifs is 1. The van der Waals surface area contributed by atoms with Gasteiger partial charge >= 0.3 is 0 Å². The van der Waals surface area contributed by atoms with E-state index in [-0.39, 0.29) is 33.2 Å². The van der Waals surface area contributed by atoms with Gasteiger partial charge in [-0.25, -0.2) is 4.99 Å². The number of para-hydroxylation sites is 1. The Bertz CT molecular complexity index is 1670. The molecule has 1 amide bonds. The first-order chi connectivity index (χ1) is 18.7. The van der Waals surface area contributed by atoms with Crippen LogP contribution in [0.3, 0.4) is 0 Å². The van der Waals surface area contributed by atoms with Gasteiger partial charge in [-0.2, -0.15) is 0 Å². The van der Waals surface area contributed by atoms with Gasteiger partial charge in [-0.1, -0.05) is 29.5 Å². The highest BCUT2D eigenvalue weighted by Crippen LogP contribution is 2.37. The molecule has 0 radical (unpaired) electrons. The van der Waals surface area contributed by atoms with Crippen LogP contribution < -0.4 is 24.4 Å². The molecule has 2 heterocycles. The number of phenols is 1. The van der Waals surface area contributed by atoms with Crippen molar-refractivity contribution < 1.29 is 24.3 Å². The quantitative estimate of drug-likeness (QED) is 0.335. The Labute approximate surface area is 227 Å². The lowest BCUT2D eigenvalue weighted by Crippen LogP contribution is -2.43. The summed E-state index contributed by atoms with van der Waals surface area (Å²) in [5.74, 6) is -0.188. The molecule has 1 aliphatic rings. The van der Waals surface area contributed by atoms with Crippen LogP contribution >= 0.6 is 11.3 Å². The molecule has 4 rings (SSSR count). The number of carbonyl (C=O) groups is 1. The van der Waals surface area contributed by atoms with Gasteiger partial charge < -0.3 is 19.5 Å². The average Bonchev–Trinajstić information content (AvgIpc) is 3.23. The summed E-state index contributed by atoms with van der Waals surface area (Å²) in [6.07, 6.45) is 1.36. The fourth-order valence-electron chi connectivity index (χ4n) is 4.59. The SMILES string of the molecule is CCN(CC)C(=O)C1=C(C)N=c2s/c(=C\c3cc([N+](=O)[O-])cc(OC)c3O)c(=O)n2[C@H]1c1ccccc1OC. The largest absolute Gasteiger partial charge is 0.504 e. The molecule has 0 spiro atoms. The molecule has 1 N–H and O–H groups in total. The van der Waals surface area contributed by atoms with Gasteiger partial charge in [0.2, 0.25) is 0 Å². The van der Waals surface area contributed by atoms with Gasteiger partial charge in [0.05, 0.1) is 41.0 Å². The van der Waals surface area contributed by atoms with Crippen LogP contribution in [0.5, 0.6) is 17.2 Å². The second-order valence-electron chi connectivity index (χ2n) is 8.64. The number of phenolic OH excluding ortho intramolecular Hbond substituents is 1. The minimum atomic E-state index is -0.833. The van der Waals surface area contributed by atoms with Crippen LogP contribution in [0, 0.1) is 10.1 Å². The van der Waals surface area contributed by atoms with Crippen LogP contribution in [0.15, 0.2) is 57.5 Å². The van der Waals surface area contributed by atoms with Crippen molar-refractivity contribution in [1.82, 2.24) is 9.47 Å². The van der Waals surface area contributed by atoms with Crippen LogP contribution in [-0.2, 0) is 4.79 Å². The lowest BCUT2D eigenvalue weighted by molar-refractivity contribution is -0.385. The number of nitro benzene ring substituents is 1. The van der Waals surface area contributed by atoms with E-state index in [9.17, 15) is 24.8 Å². The maximum absolute atomic E-state index is 13.9. The minimum absolute atomic E-state index is 0.0373. The van der Waals surface area contributed by atoms with Gasteiger partial charge in [0.25, 0.3) is 17.2 Å². The van der Waals surface area contributed by atoms with Crippen molar-refractivity contribution in [3.8, 4) is 17.2 Å². The van der Waals surface area contributed by atoms with E-state index < -0.39 is 16.5 Å². The summed E-state index contributed by atoms with van der Waals surface area (Å²) in [7, 11) is 2.80. The van der Waals surface area contributed by atoms with Gasteiger partial charge in [-0.3, -0.25) is 24.3 Å². The first-order valence-electron chi connectivity index (χ1n) is 12.2. The number of aromatic hydroxyl groups is 1. The number of carbonyl (C=O) groups excluding carboxylic acids is 1. The number of amides is 1. The summed E-state index contributed by atoms with van der Waals surface area (Å²) in [5, 5.41) is 22.1. The second-order valence-corrected chi connectivity index (χ2v) is 9.65. The van der Waals surface area contributed by atoms with Gasteiger partial charge in [-0.05, 0) is 32.9 Å². The molecule has 1 aromatic heterocycles. The molecular weight excluding hydrogens is 524 g/mol. The van der Waals surface area contributed by atoms with Crippen LogP contribution in [0.4, 0.5) is 5.69 Å². The number of nitro groups is 1. The number of aromatic nitrogens is 1. The molecule has 0 bridgehead atoms. The van der Waals surface area contributed by atoms with Gasteiger partial charge in [0.15, 0.2) is 16.3 Å². The van der Waals surface area contributed by atoms with E-state index >= 15 is 0 Å². The van der Waals surface area contributed by atoms with Gasteiger partial charge in [-0.15, -0.1) is 0 Å². The Kier molecular flexibility index (Phi) is 7.86. The molecule has 0 fully saturated rings. The normalized spacial score (nSPS) is 15.0. The summed E-state index contributed by atoms with van der Waals surface area (Å²) in [4.78, 5) is 45.1. The number of methoxy groups -OCH3 is 2. The lowest BCUT2D eigenvalue weighted by Gasteiger charge is -2.29. The predicted octanol–water partition coefficient (Wildman–Crippen LogP) is 2.73. The summed E-state index contributed by atoms with van der Waals surface area (Å²) < 4.78 is 12.3. The molecule has 0 aliphatic carbocycles. The van der Waals surface area contributed by atoms with Crippen LogP contribution in [0.25, 0.3) is 6.08 Å². The maximum atomic E-state index is 13.9. The van der Waals surface area contributed by atoms with Crippen LogP contribution in [-0.4, -0.2) is 52.7 Å².